The van der Waals surface area contributed by atoms with Crippen molar-refractivity contribution in [2.45, 2.75) is 17.2 Å². The second-order valence-corrected chi connectivity index (χ2v) is 6.20. The molecule has 1 N–H and O–H groups in total. The highest BCUT2D eigenvalue weighted by molar-refractivity contribution is 9.10. The summed E-state index contributed by atoms with van der Waals surface area (Å²) in [5.74, 6) is -0.749. The number of aromatic nitrogens is 2. The van der Waals surface area contributed by atoms with E-state index >= 15 is 0 Å². The van der Waals surface area contributed by atoms with E-state index in [4.69, 9.17) is 0 Å². The Morgan fingerprint density at radius 1 is 1.55 bits per heavy atom. The van der Waals surface area contributed by atoms with Crippen LogP contribution in [0.1, 0.15) is 6.92 Å². The van der Waals surface area contributed by atoms with Gasteiger partial charge in [0.05, 0.1) is 16.2 Å². The molecule has 1 atom stereocenters. The number of aryl methyl sites for hydroxylation is 1. The van der Waals surface area contributed by atoms with Crippen molar-refractivity contribution in [2.24, 2.45) is 7.05 Å². The Hall–Kier alpha value is -1.54. The van der Waals surface area contributed by atoms with E-state index in [9.17, 15) is 9.90 Å². The fraction of sp³-hybridized carbons (Fsp3) is 0.250. The van der Waals surface area contributed by atoms with Gasteiger partial charge in [-0.15, -0.1) is 0 Å². The molecule has 0 spiro atoms. The Kier molecular flexibility index (Phi) is 4.66. The molecule has 0 saturated carbocycles. The molecule has 0 aliphatic carbocycles. The minimum Gasteiger partial charge on any atom is -0.538 e. The van der Waals surface area contributed by atoms with Crippen LogP contribution in [0.2, 0.25) is 0 Å². The van der Waals surface area contributed by atoms with Crippen LogP contribution in [0, 0.1) is 0 Å². The molecule has 1 aromatic carbocycles. The SMILES string of the molecule is CC(Sc1c([O-])on[n+]1C)C(=O)Nc1ccccc1Br. The van der Waals surface area contributed by atoms with Crippen LogP contribution >= 0.6 is 27.7 Å². The zero-order chi connectivity index (χ0) is 14.7. The maximum Gasteiger partial charge on any atom is 0.291 e. The lowest BCUT2D eigenvalue weighted by molar-refractivity contribution is -0.772. The molecule has 8 heteroatoms. The molecule has 0 aliphatic heterocycles. The number of amides is 1. The number of hydrogen-bond acceptors (Lipinski definition) is 5. The quantitative estimate of drug-likeness (QED) is 0.661. The minimum atomic E-state index is -0.543. The number of carbonyl (C=O) groups is 1. The van der Waals surface area contributed by atoms with Crippen molar-refractivity contribution < 1.29 is 19.1 Å². The van der Waals surface area contributed by atoms with E-state index in [0.717, 1.165) is 16.2 Å². The zero-order valence-corrected chi connectivity index (χ0v) is 13.2. The van der Waals surface area contributed by atoms with Gasteiger partial charge in [0, 0.05) is 4.47 Å². The minimum absolute atomic E-state index is 0.206. The summed E-state index contributed by atoms with van der Waals surface area (Å²) < 4.78 is 6.62. The molecule has 1 heterocycles. The molecule has 1 amide bonds. The van der Waals surface area contributed by atoms with Crippen LogP contribution in [0.5, 0.6) is 5.95 Å². The van der Waals surface area contributed by atoms with Gasteiger partial charge in [0.15, 0.2) is 13.0 Å². The number of rotatable bonds is 4. The number of thioether (sulfide) groups is 1. The highest BCUT2D eigenvalue weighted by atomic mass is 79.9. The molecule has 0 bridgehead atoms. The van der Waals surface area contributed by atoms with Crippen LogP contribution in [-0.2, 0) is 11.8 Å². The summed E-state index contributed by atoms with van der Waals surface area (Å²) in [4.78, 5) is 12.1. The molecule has 2 aromatic rings. The van der Waals surface area contributed by atoms with Crippen molar-refractivity contribution >= 4 is 39.3 Å². The Balaban J connectivity index is 2.05. The topological polar surface area (TPSA) is 82.1 Å². The number of hydrogen-bond donors (Lipinski definition) is 1. The fourth-order valence-corrected chi connectivity index (χ4v) is 2.65. The Morgan fingerprint density at radius 3 is 2.85 bits per heavy atom. The molecule has 0 fully saturated rings. The smallest absolute Gasteiger partial charge is 0.291 e. The van der Waals surface area contributed by atoms with Crippen LogP contribution in [0.3, 0.4) is 0 Å². The van der Waals surface area contributed by atoms with Crippen molar-refractivity contribution in [1.29, 1.82) is 0 Å². The third kappa shape index (κ3) is 3.31. The van der Waals surface area contributed by atoms with Crippen molar-refractivity contribution in [3.8, 4) is 5.95 Å². The van der Waals surface area contributed by atoms with E-state index in [-0.39, 0.29) is 5.91 Å². The van der Waals surface area contributed by atoms with Gasteiger partial charge in [-0.1, -0.05) is 16.8 Å². The number of anilines is 1. The number of halogens is 1. The van der Waals surface area contributed by atoms with Gasteiger partial charge < -0.3 is 14.9 Å². The third-order valence-electron chi connectivity index (χ3n) is 2.50. The van der Waals surface area contributed by atoms with Crippen molar-refractivity contribution in [3.05, 3.63) is 28.7 Å². The Bertz CT molecular complexity index is 613. The first-order valence-corrected chi connectivity index (χ1v) is 7.41. The number of nitrogens with one attached hydrogen (secondary N) is 1. The molecule has 0 saturated heterocycles. The first-order chi connectivity index (χ1) is 9.49. The standard InChI is InChI=1S/C12H12BrN3O3S/c1-7(20-11-12(18)19-15-16(11)2)10(17)14-9-6-4-3-5-8(9)13/h3-7H,1-2H3,(H-,14,15,17,18). The number of carbonyl (C=O) groups excluding carboxylic acids is 1. The maximum absolute atomic E-state index is 12.1. The molecule has 6 nitrogen and oxygen atoms in total. The highest BCUT2D eigenvalue weighted by Gasteiger charge is 2.23. The molecule has 2 rings (SSSR count). The van der Waals surface area contributed by atoms with Crippen molar-refractivity contribution in [1.82, 2.24) is 5.27 Å². The Morgan fingerprint density at radius 2 is 2.25 bits per heavy atom. The summed E-state index contributed by atoms with van der Waals surface area (Å²) in [5, 5.41) is 17.5. The fourth-order valence-electron chi connectivity index (χ4n) is 1.45. The molecule has 0 radical (unpaired) electrons. The predicted octanol–water partition coefficient (Wildman–Crippen LogP) is 1.45. The van der Waals surface area contributed by atoms with Gasteiger partial charge in [-0.2, -0.15) is 0 Å². The van der Waals surface area contributed by atoms with Gasteiger partial charge in [-0.25, -0.2) is 0 Å². The molecule has 20 heavy (non-hydrogen) atoms. The summed E-state index contributed by atoms with van der Waals surface area (Å²) in [6.07, 6.45) is 0. The summed E-state index contributed by atoms with van der Waals surface area (Å²) in [5.41, 5.74) is 0.682. The molecular formula is C12H12BrN3O3S. The van der Waals surface area contributed by atoms with Crippen LogP contribution in [-0.4, -0.2) is 16.4 Å². The zero-order valence-electron chi connectivity index (χ0n) is 10.8. The summed E-state index contributed by atoms with van der Waals surface area (Å²) in [6.45, 7) is 1.71. The van der Waals surface area contributed by atoms with Crippen LogP contribution < -0.4 is 15.1 Å². The number of para-hydroxylation sites is 1. The van der Waals surface area contributed by atoms with Crippen LogP contribution in [0.15, 0.2) is 38.3 Å². The van der Waals surface area contributed by atoms with E-state index in [2.05, 4.69) is 31.0 Å². The third-order valence-corrected chi connectivity index (χ3v) is 4.42. The lowest BCUT2D eigenvalue weighted by atomic mass is 10.3. The largest absolute Gasteiger partial charge is 0.538 e. The van der Waals surface area contributed by atoms with Gasteiger partial charge in [0.2, 0.25) is 5.91 Å². The molecule has 106 valence electrons. The van der Waals surface area contributed by atoms with Gasteiger partial charge in [-0.05, 0) is 46.7 Å². The van der Waals surface area contributed by atoms with E-state index in [1.165, 1.54) is 4.68 Å². The van der Waals surface area contributed by atoms with Gasteiger partial charge in [-0.3, -0.25) is 4.79 Å². The number of benzene rings is 1. The molecular weight excluding hydrogens is 346 g/mol. The summed E-state index contributed by atoms with van der Waals surface area (Å²) in [7, 11) is 1.59. The number of nitrogens with zero attached hydrogens (tertiary/aromatic N) is 2. The summed E-state index contributed by atoms with van der Waals surface area (Å²) >= 11 is 4.46. The normalized spacial score (nSPS) is 12.2. The van der Waals surface area contributed by atoms with Gasteiger partial charge in [0.25, 0.3) is 5.03 Å². The lowest BCUT2D eigenvalue weighted by Gasteiger charge is -2.11. The van der Waals surface area contributed by atoms with Crippen molar-refractivity contribution in [2.75, 3.05) is 5.32 Å². The van der Waals surface area contributed by atoms with Crippen LogP contribution in [0.4, 0.5) is 5.69 Å². The lowest BCUT2D eigenvalue weighted by Crippen LogP contribution is -2.33. The molecule has 1 aromatic heterocycles. The second kappa shape index (κ2) is 6.27. The van der Waals surface area contributed by atoms with Gasteiger partial charge >= 0.3 is 0 Å². The molecule has 1 unspecified atom stereocenters. The van der Waals surface area contributed by atoms with Crippen LogP contribution in [0.25, 0.3) is 0 Å². The van der Waals surface area contributed by atoms with Crippen molar-refractivity contribution in [3.63, 3.8) is 0 Å². The highest BCUT2D eigenvalue weighted by Crippen LogP contribution is 2.27. The average Bonchev–Trinajstić information content (AvgIpc) is 2.73. The molecule has 0 aliphatic rings. The maximum atomic E-state index is 12.1. The van der Waals surface area contributed by atoms with E-state index in [1.54, 1.807) is 20.0 Å². The first kappa shape index (κ1) is 14.9. The monoisotopic (exact) mass is 357 g/mol. The van der Waals surface area contributed by atoms with E-state index in [1.807, 2.05) is 18.2 Å². The van der Waals surface area contributed by atoms with E-state index < -0.39 is 11.2 Å². The second-order valence-electron chi connectivity index (χ2n) is 4.02. The predicted molar refractivity (Wildman–Crippen MR) is 75.2 cm³/mol. The van der Waals surface area contributed by atoms with Gasteiger partial charge in [0.1, 0.15) is 0 Å². The average molecular weight is 358 g/mol. The van der Waals surface area contributed by atoms with E-state index in [0.29, 0.717) is 10.7 Å². The Labute approximate surface area is 128 Å². The summed E-state index contributed by atoms with van der Waals surface area (Å²) in [6, 6.07) is 7.31. The first-order valence-electron chi connectivity index (χ1n) is 5.74.